The van der Waals surface area contributed by atoms with Crippen LogP contribution in [0.1, 0.15) is 39.0 Å². The van der Waals surface area contributed by atoms with Gasteiger partial charge in [0.05, 0.1) is 12.3 Å². The maximum absolute atomic E-state index is 5.51. The Kier molecular flexibility index (Phi) is 4.24. The monoisotopic (exact) mass is 236 g/mol. The lowest BCUT2D eigenvalue weighted by Crippen LogP contribution is -2.53. The fourth-order valence-electron chi connectivity index (χ4n) is 2.53. The number of furan rings is 1. The van der Waals surface area contributed by atoms with Crippen molar-refractivity contribution in [2.45, 2.75) is 39.3 Å². The van der Waals surface area contributed by atoms with Crippen LogP contribution in [-0.4, -0.2) is 30.6 Å². The molecule has 0 spiro atoms. The van der Waals surface area contributed by atoms with Gasteiger partial charge in [-0.1, -0.05) is 20.3 Å². The minimum absolute atomic E-state index is 0.388. The van der Waals surface area contributed by atoms with Gasteiger partial charge in [-0.15, -0.1) is 0 Å². The average Bonchev–Trinajstić information content (AvgIpc) is 2.91. The molecule has 1 fully saturated rings. The summed E-state index contributed by atoms with van der Waals surface area (Å²) in [6.45, 7) is 10.1. The van der Waals surface area contributed by atoms with Crippen LogP contribution in [0.4, 0.5) is 0 Å². The van der Waals surface area contributed by atoms with Crippen molar-refractivity contribution in [1.29, 1.82) is 0 Å². The van der Waals surface area contributed by atoms with Gasteiger partial charge in [-0.25, -0.2) is 0 Å². The number of piperazine rings is 1. The zero-order valence-corrected chi connectivity index (χ0v) is 11.1. The Morgan fingerprint density at radius 3 is 3.00 bits per heavy atom. The molecule has 3 atom stereocenters. The van der Waals surface area contributed by atoms with Gasteiger partial charge in [0.2, 0.25) is 0 Å². The van der Waals surface area contributed by atoms with E-state index in [4.69, 9.17) is 4.42 Å². The molecule has 0 aliphatic carbocycles. The quantitative estimate of drug-likeness (QED) is 0.871. The maximum Gasteiger partial charge on any atom is 0.120 e. The normalized spacial score (nSPS) is 25.7. The van der Waals surface area contributed by atoms with Crippen LogP contribution in [0, 0.1) is 5.92 Å². The minimum Gasteiger partial charge on any atom is -0.468 e. The third-order valence-electron chi connectivity index (χ3n) is 4.07. The standard InChI is InChI=1S/C14H24N2O/c1-4-11(2)13-10-16(8-7-15-13)12(3)14-6-5-9-17-14/h5-6,9,11-13,15H,4,7-8,10H2,1-3H3. The van der Waals surface area contributed by atoms with Crippen LogP contribution >= 0.6 is 0 Å². The fraction of sp³-hybridized carbons (Fsp3) is 0.714. The van der Waals surface area contributed by atoms with Crippen LogP contribution in [0.2, 0.25) is 0 Å². The van der Waals surface area contributed by atoms with Crippen molar-refractivity contribution in [1.82, 2.24) is 10.2 Å². The smallest absolute Gasteiger partial charge is 0.120 e. The lowest BCUT2D eigenvalue weighted by molar-refractivity contribution is 0.118. The number of nitrogens with zero attached hydrogens (tertiary/aromatic N) is 1. The van der Waals surface area contributed by atoms with E-state index < -0.39 is 0 Å². The summed E-state index contributed by atoms with van der Waals surface area (Å²) >= 11 is 0. The number of rotatable bonds is 4. The van der Waals surface area contributed by atoms with Crippen LogP contribution in [0.15, 0.2) is 22.8 Å². The summed E-state index contributed by atoms with van der Waals surface area (Å²) in [5, 5.41) is 3.63. The summed E-state index contributed by atoms with van der Waals surface area (Å²) < 4.78 is 5.51. The number of hydrogen-bond donors (Lipinski definition) is 1. The van der Waals surface area contributed by atoms with E-state index in [1.807, 2.05) is 6.07 Å². The second-order valence-corrected chi connectivity index (χ2v) is 5.13. The highest BCUT2D eigenvalue weighted by molar-refractivity contribution is 5.04. The first-order chi connectivity index (χ1) is 8.22. The van der Waals surface area contributed by atoms with Crippen LogP contribution < -0.4 is 5.32 Å². The second kappa shape index (κ2) is 5.69. The summed E-state index contributed by atoms with van der Waals surface area (Å²) in [6, 6.07) is 5.05. The highest BCUT2D eigenvalue weighted by Crippen LogP contribution is 2.23. The number of nitrogens with one attached hydrogen (secondary N) is 1. The first kappa shape index (κ1) is 12.7. The third-order valence-corrected chi connectivity index (χ3v) is 4.07. The molecule has 0 bridgehead atoms. The Labute approximate surface area is 104 Å². The Morgan fingerprint density at radius 2 is 2.35 bits per heavy atom. The van der Waals surface area contributed by atoms with E-state index in [2.05, 4.69) is 37.1 Å². The second-order valence-electron chi connectivity index (χ2n) is 5.13. The van der Waals surface area contributed by atoms with Crippen molar-refractivity contribution in [2.75, 3.05) is 19.6 Å². The van der Waals surface area contributed by atoms with Crippen LogP contribution in [0.5, 0.6) is 0 Å². The molecule has 3 nitrogen and oxygen atoms in total. The van der Waals surface area contributed by atoms with E-state index in [-0.39, 0.29) is 0 Å². The van der Waals surface area contributed by atoms with Gasteiger partial charge in [-0.3, -0.25) is 4.90 Å². The van der Waals surface area contributed by atoms with Gasteiger partial charge in [-0.2, -0.15) is 0 Å². The molecule has 3 heteroatoms. The Hall–Kier alpha value is -0.800. The summed E-state index contributed by atoms with van der Waals surface area (Å²) in [7, 11) is 0. The highest BCUT2D eigenvalue weighted by atomic mass is 16.3. The average molecular weight is 236 g/mol. The van der Waals surface area contributed by atoms with Gasteiger partial charge in [-0.05, 0) is 25.0 Å². The molecule has 1 saturated heterocycles. The van der Waals surface area contributed by atoms with E-state index in [0.29, 0.717) is 12.1 Å². The summed E-state index contributed by atoms with van der Waals surface area (Å²) in [4.78, 5) is 2.52. The first-order valence-corrected chi connectivity index (χ1v) is 6.73. The zero-order valence-electron chi connectivity index (χ0n) is 11.1. The molecule has 2 rings (SSSR count). The lowest BCUT2D eigenvalue weighted by atomic mass is 9.96. The van der Waals surface area contributed by atoms with Crippen LogP contribution in [-0.2, 0) is 0 Å². The van der Waals surface area contributed by atoms with Crippen molar-refractivity contribution in [2.24, 2.45) is 5.92 Å². The minimum atomic E-state index is 0.388. The largest absolute Gasteiger partial charge is 0.468 e. The third kappa shape index (κ3) is 2.90. The van der Waals surface area contributed by atoms with Crippen molar-refractivity contribution >= 4 is 0 Å². The molecule has 0 amide bonds. The molecule has 1 aliphatic heterocycles. The molecule has 96 valence electrons. The van der Waals surface area contributed by atoms with Crippen molar-refractivity contribution in [3.8, 4) is 0 Å². The molecule has 0 radical (unpaired) electrons. The summed E-state index contributed by atoms with van der Waals surface area (Å²) in [5.74, 6) is 1.82. The Morgan fingerprint density at radius 1 is 1.53 bits per heavy atom. The molecule has 0 aromatic carbocycles. The zero-order chi connectivity index (χ0) is 12.3. The van der Waals surface area contributed by atoms with Crippen LogP contribution in [0.3, 0.4) is 0 Å². The van der Waals surface area contributed by atoms with E-state index in [9.17, 15) is 0 Å². The Bertz CT molecular complexity index is 323. The molecule has 1 aromatic rings. The maximum atomic E-state index is 5.51. The van der Waals surface area contributed by atoms with Crippen molar-refractivity contribution < 1.29 is 4.42 Å². The van der Waals surface area contributed by atoms with E-state index in [1.165, 1.54) is 6.42 Å². The van der Waals surface area contributed by atoms with E-state index in [0.717, 1.165) is 31.3 Å². The van der Waals surface area contributed by atoms with Crippen molar-refractivity contribution in [3.05, 3.63) is 24.2 Å². The molecule has 2 heterocycles. The van der Waals surface area contributed by atoms with Gasteiger partial charge < -0.3 is 9.73 Å². The fourth-order valence-corrected chi connectivity index (χ4v) is 2.53. The van der Waals surface area contributed by atoms with E-state index >= 15 is 0 Å². The van der Waals surface area contributed by atoms with Gasteiger partial charge in [0.15, 0.2) is 0 Å². The molecule has 0 saturated carbocycles. The molecule has 3 unspecified atom stereocenters. The van der Waals surface area contributed by atoms with Gasteiger partial charge >= 0.3 is 0 Å². The lowest BCUT2D eigenvalue weighted by Gasteiger charge is -2.39. The number of hydrogen-bond acceptors (Lipinski definition) is 3. The molecule has 1 N–H and O–H groups in total. The predicted molar refractivity (Wildman–Crippen MR) is 69.9 cm³/mol. The molecule has 1 aromatic heterocycles. The van der Waals surface area contributed by atoms with Gasteiger partial charge in [0.1, 0.15) is 5.76 Å². The predicted octanol–water partition coefficient (Wildman–Crippen LogP) is 2.66. The molecule has 17 heavy (non-hydrogen) atoms. The highest BCUT2D eigenvalue weighted by Gasteiger charge is 2.27. The summed E-state index contributed by atoms with van der Waals surface area (Å²) in [6.07, 6.45) is 3.00. The molecular formula is C14H24N2O. The topological polar surface area (TPSA) is 28.4 Å². The van der Waals surface area contributed by atoms with Gasteiger partial charge in [0, 0.05) is 25.7 Å². The van der Waals surface area contributed by atoms with Gasteiger partial charge in [0.25, 0.3) is 0 Å². The molecule has 1 aliphatic rings. The SMILES string of the molecule is CCC(C)C1CN(C(C)c2ccco2)CCN1. The van der Waals surface area contributed by atoms with Crippen LogP contribution in [0.25, 0.3) is 0 Å². The first-order valence-electron chi connectivity index (χ1n) is 6.73. The van der Waals surface area contributed by atoms with E-state index in [1.54, 1.807) is 6.26 Å². The molecular weight excluding hydrogens is 212 g/mol. The Balaban J connectivity index is 1.97. The summed E-state index contributed by atoms with van der Waals surface area (Å²) in [5.41, 5.74) is 0. The van der Waals surface area contributed by atoms with Crippen molar-refractivity contribution in [3.63, 3.8) is 0 Å².